The van der Waals surface area contributed by atoms with Gasteiger partial charge in [0.15, 0.2) is 0 Å². The van der Waals surface area contributed by atoms with Crippen LogP contribution in [0.25, 0.3) is 11.5 Å². The standard InChI is InChI=1S/C15H19N3O2S/c1-4-11(3)16-13(19)9-21-15-18-17-14(20-15)12-7-5-6-10(2)8-12/h5-8,11H,4,9H2,1-3H3,(H,16,19)/t11-/m1/s1. The van der Waals surface area contributed by atoms with Crippen molar-refractivity contribution in [1.82, 2.24) is 15.5 Å². The third-order valence-electron chi connectivity index (χ3n) is 3.02. The molecule has 1 N–H and O–H groups in total. The summed E-state index contributed by atoms with van der Waals surface area (Å²) in [7, 11) is 0. The molecule has 0 unspecified atom stereocenters. The van der Waals surface area contributed by atoms with E-state index >= 15 is 0 Å². The van der Waals surface area contributed by atoms with Gasteiger partial charge in [-0.05, 0) is 32.4 Å². The highest BCUT2D eigenvalue weighted by Gasteiger charge is 2.12. The second-order valence-corrected chi connectivity index (χ2v) is 5.83. The molecule has 0 bridgehead atoms. The second kappa shape index (κ2) is 7.26. The molecule has 1 aromatic carbocycles. The minimum Gasteiger partial charge on any atom is -0.411 e. The van der Waals surface area contributed by atoms with Crippen molar-refractivity contribution in [2.45, 2.75) is 38.5 Å². The summed E-state index contributed by atoms with van der Waals surface area (Å²) in [5, 5.41) is 11.3. The fraction of sp³-hybridized carbons (Fsp3) is 0.400. The monoisotopic (exact) mass is 305 g/mol. The molecule has 6 heteroatoms. The first-order chi connectivity index (χ1) is 10.1. The van der Waals surface area contributed by atoms with Gasteiger partial charge in [-0.15, -0.1) is 10.2 Å². The number of amides is 1. The number of aryl methyl sites for hydroxylation is 1. The lowest BCUT2D eigenvalue weighted by Gasteiger charge is -2.09. The third kappa shape index (κ3) is 4.60. The predicted molar refractivity (Wildman–Crippen MR) is 83.1 cm³/mol. The first-order valence-corrected chi connectivity index (χ1v) is 7.89. The normalized spacial score (nSPS) is 12.1. The summed E-state index contributed by atoms with van der Waals surface area (Å²) in [6.45, 7) is 6.02. The molecule has 2 rings (SSSR count). The summed E-state index contributed by atoms with van der Waals surface area (Å²) in [5.74, 6) is 0.730. The Morgan fingerprint density at radius 2 is 2.24 bits per heavy atom. The maximum atomic E-state index is 11.7. The van der Waals surface area contributed by atoms with E-state index < -0.39 is 0 Å². The molecule has 1 heterocycles. The number of aromatic nitrogens is 2. The van der Waals surface area contributed by atoms with E-state index in [0.29, 0.717) is 11.1 Å². The highest BCUT2D eigenvalue weighted by Crippen LogP contribution is 2.23. The molecule has 0 aliphatic carbocycles. The van der Waals surface area contributed by atoms with Crippen molar-refractivity contribution in [3.05, 3.63) is 29.8 Å². The van der Waals surface area contributed by atoms with Gasteiger partial charge in [-0.2, -0.15) is 0 Å². The van der Waals surface area contributed by atoms with Crippen molar-refractivity contribution in [2.24, 2.45) is 0 Å². The fourth-order valence-electron chi connectivity index (χ4n) is 1.71. The lowest BCUT2D eigenvalue weighted by atomic mass is 10.1. The zero-order chi connectivity index (χ0) is 15.2. The number of carbonyl (C=O) groups excluding carboxylic acids is 1. The van der Waals surface area contributed by atoms with E-state index in [4.69, 9.17) is 4.42 Å². The molecule has 21 heavy (non-hydrogen) atoms. The van der Waals surface area contributed by atoms with Crippen LogP contribution in [0.2, 0.25) is 0 Å². The van der Waals surface area contributed by atoms with Crippen LogP contribution in [-0.2, 0) is 4.79 Å². The Bertz CT molecular complexity index is 612. The first-order valence-electron chi connectivity index (χ1n) is 6.91. The fourth-order valence-corrected chi connectivity index (χ4v) is 2.28. The minimum atomic E-state index is -0.0235. The summed E-state index contributed by atoms with van der Waals surface area (Å²) >= 11 is 1.25. The van der Waals surface area contributed by atoms with Crippen LogP contribution in [0.4, 0.5) is 0 Å². The Balaban J connectivity index is 1.93. The molecule has 0 spiro atoms. The molecule has 0 saturated heterocycles. The van der Waals surface area contributed by atoms with Crippen LogP contribution in [0.5, 0.6) is 0 Å². The number of rotatable bonds is 6. The zero-order valence-corrected chi connectivity index (χ0v) is 13.2. The molecule has 1 amide bonds. The summed E-state index contributed by atoms with van der Waals surface area (Å²) < 4.78 is 5.57. The Kier molecular flexibility index (Phi) is 5.38. The van der Waals surface area contributed by atoms with Crippen molar-refractivity contribution in [3.8, 4) is 11.5 Å². The summed E-state index contributed by atoms with van der Waals surface area (Å²) in [4.78, 5) is 11.7. The number of hydrogen-bond acceptors (Lipinski definition) is 5. The van der Waals surface area contributed by atoms with Crippen LogP contribution in [0.15, 0.2) is 33.9 Å². The summed E-state index contributed by atoms with van der Waals surface area (Å²) in [6.07, 6.45) is 0.911. The number of benzene rings is 1. The highest BCUT2D eigenvalue weighted by molar-refractivity contribution is 7.99. The van der Waals surface area contributed by atoms with Crippen LogP contribution in [0, 0.1) is 6.92 Å². The average molecular weight is 305 g/mol. The van der Waals surface area contributed by atoms with Gasteiger partial charge in [0, 0.05) is 11.6 Å². The van der Waals surface area contributed by atoms with Gasteiger partial charge >= 0.3 is 0 Å². The van der Waals surface area contributed by atoms with Gasteiger partial charge in [0.1, 0.15) is 0 Å². The van der Waals surface area contributed by atoms with Crippen molar-refractivity contribution < 1.29 is 9.21 Å². The molecular weight excluding hydrogens is 286 g/mol. The molecule has 0 saturated carbocycles. The van der Waals surface area contributed by atoms with E-state index in [0.717, 1.165) is 17.5 Å². The van der Waals surface area contributed by atoms with Crippen LogP contribution in [0.3, 0.4) is 0 Å². The number of carbonyl (C=O) groups is 1. The van der Waals surface area contributed by atoms with Gasteiger partial charge in [-0.1, -0.05) is 36.4 Å². The zero-order valence-electron chi connectivity index (χ0n) is 12.4. The van der Waals surface area contributed by atoms with Crippen LogP contribution in [-0.4, -0.2) is 27.9 Å². The Morgan fingerprint density at radius 1 is 1.43 bits per heavy atom. The van der Waals surface area contributed by atoms with Gasteiger partial charge in [0.05, 0.1) is 5.75 Å². The van der Waals surface area contributed by atoms with Gasteiger partial charge in [-0.3, -0.25) is 4.79 Å². The first kappa shape index (κ1) is 15.6. The number of nitrogens with one attached hydrogen (secondary N) is 1. The van der Waals surface area contributed by atoms with Gasteiger partial charge < -0.3 is 9.73 Å². The van der Waals surface area contributed by atoms with Crippen molar-refractivity contribution >= 4 is 17.7 Å². The maximum Gasteiger partial charge on any atom is 0.277 e. The van der Waals surface area contributed by atoms with Crippen molar-refractivity contribution in [1.29, 1.82) is 0 Å². The van der Waals surface area contributed by atoms with Crippen LogP contribution in [0.1, 0.15) is 25.8 Å². The van der Waals surface area contributed by atoms with Gasteiger partial charge in [-0.25, -0.2) is 0 Å². The number of nitrogens with zero attached hydrogens (tertiary/aromatic N) is 2. The average Bonchev–Trinajstić information content (AvgIpc) is 2.94. The third-order valence-corrected chi connectivity index (χ3v) is 3.84. The molecule has 112 valence electrons. The maximum absolute atomic E-state index is 11.7. The van der Waals surface area contributed by atoms with Crippen molar-refractivity contribution in [2.75, 3.05) is 5.75 Å². The van der Waals surface area contributed by atoms with Crippen LogP contribution < -0.4 is 5.32 Å². The quantitative estimate of drug-likeness (QED) is 0.831. The summed E-state index contributed by atoms with van der Waals surface area (Å²) in [6, 6.07) is 8.04. The Morgan fingerprint density at radius 3 is 2.95 bits per heavy atom. The van der Waals surface area contributed by atoms with E-state index in [2.05, 4.69) is 15.5 Å². The topological polar surface area (TPSA) is 68.0 Å². The SMILES string of the molecule is CC[C@@H](C)NC(=O)CSc1nnc(-c2cccc(C)c2)o1. The van der Waals surface area contributed by atoms with Crippen LogP contribution >= 0.6 is 11.8 Å². The largest absolute Gasteiger partial charge is 0.411 e. The minimum absolute atomic E-state index is 0.0235. The van der Waals surface area contributed by atoms with Crippen molar-refractivity contribution in [3.63, 3.8) is 0 Å². The molecule has 5 nitrogen and oxygen atoms in total. The highest BCUT2D eigenvalue weighted by atomic mass is 32.2. The smallest absolute Gasteiger partial charge is 0.277 e. The lowest BCUT2D eigenvalue weighted by Crippen LogP contribution is -2.33. The molecule has 1 atom stereocenters. The van der Waals surface area contributed by atoms with E-state index in [9.17, 15) is 4.79 Å². The molecule has 0 aliphatic heterocycles. The lowest BCUT2D eigenvalue weighted by molar-refractivity contribution is -0.119. The second-order valence-electron chi connectivity index (χ2n) is 4.91. The molecule has 0 aliphatic rings. The van der Waals surface area contributed by atoms with Gasteiger partial charge in [0.2, 0.25) is 11.8 Å². The van der Waals surface area contributed by atoms with E-state index in [1.54, 1.807) is 0 Å². The van der Waals surface area contributed by atoms with Gasteiger partial charge in [0.25, 0.3) is 5.22 Å². The molecule has 0 radical (unpaired) electrons. The van der Waals surface area contributed by atoms with E-state index in [1.807, 2.05) is 45.0 Å². The Labute approximate surface area is 128 Å². The molecule has 2 aromatic rings. The predicted octanol–water partition coefficient (Wildman–Crippen LogP) is 3.05. The summed E-state index contributed by atoms with van der Waals surface area (Å²) in [5.41, 5.74) is 2.02. The number of thioether (sulfide) groups is 1. The number of hydrogen-bond donors (Lipinski definition) is 1. The molecule has 0 fully saturated rings. The van der Waals surface area contributed by atoms with E-state index in [-0.39, 0.29) is 17.7 Å². The molecule has 1 aromatic heterocycles. The molecular formula is C15H19N3O2S. The Hall–Kier alpha value is -1.82. The van der Waals surface area contributed by atoms with E-state index in [1.165, 1.54) is 11.8 Å².